The lowest BCUT2D eigenvalue weighted by molar-refractivity contribution is -0.116. The summed E-state index contributed by atoms with van der Waals surface area (Å²) in [5, 5.41) is 8.16. The van der Waals surface area contributed by atoms with Crippen LogP contribution in [0, 0.1) is 6.92 Å². The molecule has 2 aromatic carbocycles. The molecule has 220 valence electrons. The Balaban J connectivity index is 1.25. The van der Waals surface area contributed by atoms with Crippen molar-refractivity contribution < 1.29 is 18.7 Å². The zero-order valence-electron chi connectivity index (χ0n) is 24.2. The molecule has 1 saturated heterocycles. The van der Waals surface area contributed by atoms with Crippen LogP contribution in [0.25, 0.3) is 16.6 Å². The van der Waals surface area contributed by atoms with Crippen molar-refractivity contribution in [1.82, 2.24) is 29.5 Å². The number of carbonyl (C=O) groups is 1. The van der Waals surface area contributed by atoms with Crippen molar-refractivity contribution in [3.8, 4) is 17.2 Å². The number of carbonyl (C=O) groups excluding carboxylic acids is 1. The molecule has 0 saturated carbocycles. The zero-order valence-corrected chi connectivity index (χ0v) is 24.2. The Morgan fingerprint density at radius 3 is 2.79 bits per heavy atom. The minimum absolute atomic E-state index is 0.0612. The van der Waals surface area contributed by atoms with E-state index in [1.807, 2.05) is 51.2 Å². The Morgan fingerprint density at radius 1 is 1.12 bits per heavy atom. The minimum atomic E-state index is -0.719. The number of ketones is 1. The Morgan fingerprint density at radius 2 is 2.00 bits per heavy atom. The molecule has 43 heavy (non-hydrogen) atoms. The second-order valence-corrected chi connectivity index (χ2v) is 10.6. The van der Waals surface area contributed by atoms with E-state index in [1.54, 1.807) is 22.8 Å². The lowest BCUT2D eigenvalue weighted by atomic mass is 10.0. The van der Waals surface area contributed by atoms with Gasteiger partial charge in [-0.1, -0.05) is 0 Å². The number of anilines is 2. The predicted octanol–water partition coefficient (Wildman–Crippen LogP) is 5.97. The van der Waals surface area contributed by atoms with Crippen molar-refractivity contribution in [3.63, 3.8) is 0 Å². The third kappa shape index (κ3) is 6.17. The fourth-order valence-corrected chi connectivity index (χ4v) is 5.29. The van der Waals surface area contributed by atoms with Crippen LogP contribution in [0.1, 0.15) is 30.9 Å². The van der Waals surface area contributed by atoms with Gasteiger partial charge >= 0.3 is 0 Å². The molecule has 0 unspecified atom stereocenters. The quantitative estimate of drug-likeness (QED) is 0.200. The smallest absolute Gasteiger partial charge is 0.195 e. The molecule has 1 aliphatic rings. The van der Waals surface area contributed by atoms with Crippen molar-refractivity contribution in [2.75, 3.05) is 25.5 Å². The highest BCUT2D eigenvalue weighted by molar-refractivity contribution is 5.97. The molecular weight excluding hydrogens is 549 g/mol. The number of rotatable bonds is 10. The van der Waals surface area contributed by atoms with Crippen LogP contribution in [-0.2, 0) is 11.2 Å². The summed E-state index contributed by atoms with van der Waals surface area (Å²) in [4.78, 5) is 28.1. The van der Waals surface area contributed by atoms with Gasteiger partial charge in [-0.25, -0.2) is 23.9 Å². The molecule has 0 bridgehead atoms. The number of likely N-dealkylation sites (tertiary alicyclic amines) is 1. The molecule has 5 aromatic rings. The highest BCUT2D eigenvalue weighted by atomic mass is 19.1. The molecule has 3 aromatic heterocycles. The SMILES string of the molecule is CCOc1cc2ncnc(Nc3ccc(Oc4ccn5ncnc5c4)c(C)c3)c2cc1CC(=O)/C(F)=C/[C@H]1CCCN1C. The summed E-state index contributed by atoms with van der Waals surface area (Å²) in [6, 6.07) is 12.9. The number of nitrogens with zero attached hydrogens (tertiary/aromatic N) is 6. The zero-order chi connectivity index (χ0) is 29.9. The maximum absolute atomic E-state index is 15.0. The summed E-state index contributed by atoms with van der Waals surface area (Å²) in [5.41, 5.74) is 3.60. The molecule has 0 spiro atoms. The molecule has 1 aliphatic heterocycles. The number of halogens is 1. The first-order chi connectivity index (χ1) is 20.9. The van der Waals surface area contributed by atoms with Gasteiger partial charge in [0.25, 0.3) is 0 Å². The Labute approximate surface area is 248 Å². The molecule has 1 fully saturated rings. The van der Waals surface area contributed by atoms with Crippen LogP contribution in [0.5, 0.6) is 17.2 Å². The monoisotopic (exact) mass is 581 g/mol. The van der Waals surface area contributed by atoms with E-state index in [1.165, 1.54) is 18.7 Å². The largest absolute Gasteiger partial charge is 0.494 e. The number of hydrogen-bond acceptors (Lipinski definition) is 9. The number of hydrogen-bond donors (Lipinski definition) is 1. The second-order valence-electron chi connectivity index (χ2n) is 10.6. The molecule has 4 heterocycles. The third-order valence-corrected chi connectivity index (χ3v) is 7.57. The van der Waals surface area contributed by atoms with Gasteiger partial charge in [0, 0.05) is 47.4 Å². The van der Waals surface area contributed by atoms with Gasteiger partial charge < -0.3 is 14.8 Å². The van der Waals surface area contributed by atoms with Crippen LogP contribution in [0.3, 0.4) is 0 Å². The van der Waals surface area contributed by atoms with Gasteiger partial charge in [0.2, 0.25) is 0 Å². The first-order valence-corrected chi connectivity index (χ1v) is 14.2. The van der Waals surface area contributed by atoms with Crippen LogP contribution < -0.4 is 14.8 Å². The van der Waals surface area contributed by atoms with Gasteiger partial charge in [-0.2, -0.15) is 5.10 Å². The van der Waals surface area contributed by atoms with Gasteiger partial charge in [-0.05, 0) is 82.3 Å². The number of nitrogens with one attached hydrogen (secondary N) is 1. The number of pyridine rings is 1. The van der Waals surface area contributed by atoms with E-state index >= 15 is 0 Å². The van der Waals surface area contributed by atoms with Crippen molar-refractivity contribution in [1.29, 1.82) is 0 Å². The van der Waals surface area contributed by atoms with Crippen LogP contribution in [0.15, 0.2) is 73.2 Å². The first-order valence-electron chi connectivity index (χ1n) is 14.2. The van der Waals surface area contributed by atoms with Crippen molar-refractivity contribution in [2.45, 2.75) is 39.2 Å². The van der Waals surface area contributed by atoms with E-state index < -0.39 is 11.6 Å². The number of ether oxygens (including phenoxy) is 2. The molecule has 0 amide bonds. The predicted molar refractivity (Wildman–Crippen MR) is 162 cm³/mol. The molecule has 1 atom stereocenters. The van der Waals surface area contributed by atoms with Crippen molar-refractivity contribution in [2.24, 2.45) is 0 Å². The number of fused-ring (bicyclic) bond motifs is 2. The van der Waals surface area contributed by atoms with E-state index in [0.717, 1.165) is 30.6 Å². The van der Waals surface area contributed by atoms with Gasteiger partial charge in [0.1, 0.15) is 35.7 Å². The summed E-state index contributed by atoms with van der Waals surface area (Å²) in [6.45, 7) is 5.11. The van der Waals surface area contributed by atoms with Gasteiger partial charge in [0.15, 0.2) is 17.3 Å². The lowest BCUT2D eigenvalue weighted by Crippen LogP contribution is -2.23. The Kier molecular flexibility index (Phi) is 7.97. The Hall–Kier alpha value is -4.90. The highest BCUT2D eigenvalue weighted by Gasteiger charge is 2.22. The summed E-state index contributed by atoms with van der Waals surface area (Å²) in [6.07, 6.45) is 7.89. The fraction of sp³-hybridized carbons (Fsp3) is 0.281. The van der Waals surface area contributed by atoms with Crippen LogP contribution in [0.4, 0.5) is 15.9 Å². The van der Waals surface area contributed by atoms with E-state index in [2.05, 4.69) is 30.3 Å². The molecule has 0 radical (unpaired) electrons. The van der Waals surface area contributed by atoms with Gasteiger partial charge in [-0.3, -0.25) is 9.69 Å². The summed E-state index contributed by atoms with van der Waals surface area (Å²) in [5.74, 6) is 1.10. The van der Waals surface area contributed by atoms with Crippen LogP contribution in [0.2, 0.25) is 0 Å². The van der Waals surface area contributed by atoms with E-state index in [0.29, 0.717) is 51.8 Å². The maximum atomic E-state index is 15.0. The molecule has 1 N–H and O–H groups in total. The number of Topliss-reactive ketones (excluding diaryl/α,β-unsaturated/α-hetero) is 1. The number of aryl methyl sites for hydroxylation is 1. The Bertz CT molecular complexity index is 1840. The maximum Gasteiger partial charge on any atom is 0.195 e. The fourth-order valence-electron chi connectivity index (χ4n) is 5.29. The van der Waals surface area contributed by atoms with E-state index in [9.17, 15) is 9.18 Å². The highest BCUT2D eigenvalue weighted by Crippen LogP contribution is 2.33. The van der Waals surface area contributed by atoms with Crippen LogP contribution in [-0.4, -0.2) is 61.5 Å². The van der Waals surface area contributed by atoms with Crippen LogP contribution >= 0.6 is 0 Å². The van der Waals surface area contributed by atoms with Gasteiger partial charge in [0.05, 0.1) is 12.1 Å². The van der Waals surface area contributed by atoms with E-state index in [4.69, 9.17) is 9.47 Å². The minimum Gasteiger partial charge on any atom is -0.494 e. The summed E-state index contributed by atoms with van der Waals surface area (Å²) in [7, 11) is 1.94. The second kappa shape index (κ2) is 12.1. The average molecular weight is 582 g/mol. The summed E-state index contributed by atoms with van der Waals surface area (Å²) < 4.78 is 28.5. The number of allylic oxidation sites excluding steroid dienone is 1. The molecule has 6 rings (SSSR count). The number of benzene rings is 2. The molecular formula is C32H32FN7O3. The van der Waals surface area contributed by atoms with Gasteiger partial charge in [-0.15, -0.1) is 0 Å². The average Bonchev–Trinajstić information content (AvgIpc) is 3.63. The first kappa shape index (κ1) is 28.2. The van der Waals surface area contributed by atoms with Crippen molar-refractivity contribution >= 4 is 33.8 Å². The normalized spacial score (nSPS) is 15.7. The molecule has 10 nitrogen and oxygen atoms in total. The number of likely N-dealkylation sites (N-methyl/N-ethyl adjacent to an activating group) is 1. The third-order valence-electron chi connectivity index (χ3n) is 7.57. The topological polar surface area (TPSA) is 107 Å². The molecule has 11 heteroatoms. The standard InChI is InChI=1S/C32H32FN7O3/c1-4-42-30-17-27-25(13-21(30)14-28(41)26(33)15-23-6-5-10-39(23)3)32(36-18-34-27)38-22-7-8-29(20(2)12-22)43-24-9-11-40-31(16-24)35-19-37-40/h7-9,11-13,15-19,23H,4-6,10,14H2,1-3H3,(H,34,36,38)/b26-15-/t23-/m1/s1. The summed E-state index contributed by atoms with van der Waals surface area (Å²) >= 11 is 0. The number of aromatic nitrogens is 5. The lowest BCUT2D eigenvalue weighted by Gasteiger charge is -2.16. The molecule has 0 aliphatic carbocycles. The van der Waals surface area contributed by atoms with E-state index in [-0.39, 0.29) is 12.5 Å². The van der Waals surface area contributed by atoms with Crippen molar-refractivity contribution in [3.05, 3.63) is 84.3 Å².